The molecular weight excluding hydrogens is 356 g/mol. The SMILES string of the molecule is CCOC(=O)NC(=O)c1c(NC(=O)c2ccco2)sc2c1CC[C@@H](C)C2. The summed E-state index contributed by atoms with van der Waals surface area (Å²) >= 11 is 1.37. The number of hydrogen-bond acceptors (Lipinski definition) is 6. The zero-order valence-electron chi connectivity index (χ0n) is 14.6. The fraction of sp³-hybridized carbons (Fsp3) is 0.389. The molecule has 2 aromatic heterocycles. The highest BCUT2D eigenvalue weighted by Crippen LogP contribution is 2.39. The summed E-state index contributed by atoms with van der Waals surface area (Å²) in [5, 5.41) is 5.39. The van der Waals surface area contributed by atoms with Gasteiger partial charge in [-0.15, -0.1) is 11.3 Å². The van der Waals surface area contributed by atoms with Crippen molar-refractivity contribution in [2.45, 2.75) is 33.1 Å². The molecule has 0 aliphatic heterocycles. The number of furan rings is 1. The number of nitrogens with one attached hydrogen (secondary N) is 2. The number of fused-ring (bicyclic) bond motifs is 1. The van der Waals surface area contributed by atoms with Gasteiger partial charge in [0.15, 0.2) is 5.76 Å². The maximum atomic E-state index is 12.7. The molecule has 0 radical (unpaired) electrons. The summed E-state index contributed by atoms with van der Waals surface area (Å²) < 4.78 is 9.88. The Labute approximate surface area is 154 Å². The number of imide groups is 1. The average molecular weight is 376 g/mol. The van der Waals surface area contributed by atoms with Crippen molar-refractivity contribution in [2.75, 3.05) is 11.9 Å². The number of anilines is 1. The summed E-state index contributed by atoms with van der Waals surface area (Å²) in [6.45, 7) is 3.98. The highest BCUT2D eigenvalue weighted by molar-refractivity contribution is 7.17. The van der Waals surface area contributed by atoms with Crippen LogP contribution in [0.4, 0.5) is 9.80 Å². The van der Waals surface area contributed by atoms with Crippen LogP contribution < -0.4 is 10.6 Å². The van der Waals surface area contributed by atoms with E-state index in [4.69, 9.17) is 9.15 Å². The lowest BCUT2D eigenvalue weighted by Gasteiger charge is -2.18. The van der Waals surface area contributed by atoms with Crippen molar-refractivity contribution < 1.29 is 23.5 Å². The molecule has 1 aliphatic carbocycles. The number of carbonyl (C=O) groups is 3. The van der Waals surface area contributed by atoms with E-state index in [9.17, 15) is 14.4 Å². The number of rotatable bonds is 4. The van der Waals surface area contributed by atoms with Crippen molar-refractivity contribution in [3.8, 4) is 0 Å². The predicted molar refractivity (Wildman–Crippen MR) is 96.7 cm³/mol. The highest BCUT2D eigenvalue weighted by Gasteiger charge is 2.29. The highest BCUT2D eigenvalue weighted by atomic mass is 32.1. The van der Waals surface area contributed by atoms with E-state index in [-0.39, 0.29) is 12.4 Å². The number of hydrogen-bond donors (Lipinski definition) is 2. The van der Waals surface area contributed by atoms with E-state index < -0.39 is 17.9 Å². The minimum absolute atomic E-state index is 0.154. The second kappa shape index (κ2) is 7.74. The minimum atomic E-state index is -0.801. The number of alkyl carbamates (subject to hydrolysis) is 1. The molecule has 3 rings (SSSR count). The average Bonchev–Trinajstić information content (AvgIpc) is 3.21. The van der Waals surface area contributed by atoms with Gasteiger partial charge in [0.05, 0.1) is 18.4 Å². The third-order valence-electron chi connectivity index (χ3n) is 4.20. The molecule has 2 aromatic rings. The summed E-state index contributed by atoms with van der Waals surface area (Å²) in [7, 11) is 0. The fourth-order valence-electron chi connectivity index (χ4n) is 2.97. The molecule has 2 N–H and O–H groups in total. The Hall–Kier alpha value is -2.61. The van der Waals surface area contributed by atoms with Gasteiger partial charge >= 0.3 is 6.09 Å². The van der Waals surface area contributed by atoms with Gasteiger partial charge < -0.3 is 14.5 Å². The first-order valence-electron chi connectivity index (χ1n) is 8.47. The lowest BCUT2D eigenvalue weighted by atomic mass is 9.88. The van der Waals surface area contributed by atoms with Gasteiger partial charge in [0, 0.05) is 4.88 Å². The summed E-state index contributed by atoms with van der Waals surface area (Å²) in [6.07, 6.45) is 3.13. The van der Waals surface area contributed by atoms with Crippen molar-refractivity contribution in [2.24, 2.45) is 5.92 Å². The summed E-state index contributed by atoms with van der Waals surface area (Å²) in [6, 6.07) is 3.16. The molecule has 7 nitrogen and oxygen atoms in total. The van der Waals surface area contributed by atoms with Gasteiger partial charge in [0.25, 0.3) is 11.8 Å². The predicted octanol–water partition coefficient (Wildman–Crippen LogP) is 3.60. The lowest BCUT2D eigenvalue weighted by molar-refractivity contribution is 0.0925. The molecule has 2 heterocycles. The zero-order valence-corrected chi connectivity index (χ0v) is 15.4. The molecule has 3 amide bonds. The maximum absolute atomic E-state index is 12.7. The molecule has 0 unspecified atom stereocenters. The molecule has 0 fully saturated rings. The maximum Gasteiger partial charge on any atom is 0.414 e. The Kier molecular flexibility index (Phi) is 5.41. The van der Waals surface area contributed by atoms with E-state index in [0.29, 0.717) is 16.5 Å². The monoisotopic (exact) mass is 376 g/mol. The van der Waals surface area contributed by atoms with Crippen LogP contribution in [0.3, 0.4) is 0 Å². The van der Waals surface area contributed by atoms with E-state index in [2.05, 4.69) is 17.6 Å². The van der Waals surface area contributed by atoms with Crippen LogP contribution in [0.1, 0.15) is 51.6 Å². The van der Waals surface area contributed by atoms with Gasteiger partial charge in [-0.25, -0.2) is 4.79 Å². The van der Waals surface area contributed by atoms with Crippen molar-refractivity contribution in [1.29, 1.82) is 0 Å². The molecule has 0 saturated carbocycles. The first-order valence-corrected chi connectivity index (χ1v) is 9.28. The molecular formula is C18H20N2O5S. The first-order chi connectivity index (χ1) is 12.5. The van der Waals surface area contributed by atoms with Crippen LogP contribution in [-0.2, 0) is 17.6 Å². The summed E-state index contributed by atoms with van der Waals surface area (Å²) in [4.78, 5) is 37.7. The molecule has 0 bridgehead atoms. The van der Waals surface area contributed by atoms with Gasteiger partial charge in [-0.3, -0.25) is 14.9 Å². The van der Waals surface area contributed by atoms with Gasteiger partial charge in [0.1, 0.15) is 5.00 Å². The number of carbonyl (C=O) groups excluding carboxylic acids is 3. The molecule has 8 heteroatoms. The minimum Gasteiger partial charge on any atom is -0.459 e. The Morgan fingerprint density at radius 3 is 2.85 bits per heavy atom. The lowest BCUT2D eigenvalue weighted by Crippen LogP contribution is -2.32. The smallest absolute Gasteiger partial charge is 0.414 e. The molecule has 0 aromatic carbocycles. The van der Waals surface area contributed by atoms with Gasteiger partial charge in [-0.05, 0) is 49.8 Å². The van der Waals surface area contributed by atoms with E-state index in [1.165, 1.54) is 17.6 Å². The standard InChI is InChI=1S/C18H20N2O5S/c1-3-24-18(23)20-16(22)14-11-7-6-10(2)9-13(11)26-17(14)19-15(21)12-5-4-8-25-12/h4-5,8,10H,3,6-7,9H2,1-2H3,(H,19,21)(H,20,22,23)/t10-/m1/s1. The molecule has 1 atom stereocenters. The van der Waals surface area contributed by atoms with Crippen LogP contribution in [0.25, 0.3) is 0 Å². The Bertz CT molecular complexity index is 825. The second-order valence-corrected chi connectivity index (χ2v) is 7.27. The largest absolute Gasteiger partial charge is 0.459 e. The second-order valence-electron chi connectivity index (χ2n) is 6.16. The fourth-order valence-corrected chi connectivity index (χ4v) is 4.38. The Morgan fingerprint density at radius 1 is 1.35 bits per heavy atom. The van der Waals surface area contributed by atoms with Gasteiger partial charge in [-0.1, -0.05) is 6.92 Å². The molecule has 0 saturated heterocycles. The Morgan fingerprint density at radius 2 is 2.15 bits per heavy atom. The molecule has 0 spiro atoms. The number of thiophene rings is 1. The molecule has 1 aliphatic rings. The summed E-state index contributed by atoms with van der Waals surface area (Å²) in [5.74, 6) is -0.339. The summed E-state index contributed by atoms with van der Waals surface area (Å²) in [5.41, 5.74) is 1.23. The molecule has 138 valence electrons. The van der Waals surface area contributed by atoms with E-state index >= 15 is 0 Å². The van der Waals surface area contributed by atoms with Crippen molar-refractivity contribution in [1.82, 2.24) is 5.32 Å². The first kappa shape index (κ1) is 18.2. The van der Waals surface area contributed by atoms with Crippen LogP contribution in [-0.4, -0.2) is 24.5 Å². The van der Waals surface area contributed by atoms with E-state index in [0.717, 1.165) is 29.7 Å². The Balaban J connectivity index is 1.91. The number of amides is 3. The van der Waals surface area contributed by atoms with E-state index in [1.807, 2.05) is 0 Å². The third kappa shape index (κ3) is 3.80. The van der Waals surface area contributed by atoms with Crippen LogP contribution in [0.2, 0.25) is 0 Å². The van der Waals surface area contributed by atoms with E-state index in [1.54, 1.807) is 19.1 Å². The quantitative estimate of drug-likeness (QED) is 0.850. The van der Waals surface area contributed by atoms with Crippen molar-refractivity contribution >= 4 is 34.2 Å². The topological polar surface area (TPSA) is 97.6 Å². The number of ether oxygens (including phenoxy) is 1. The van der Waals surface area contributed by atoms with Crippen LogP contribution in [0, 0.1) is 5.92 Å². The third-order valence-corrected chi connectivity index (χ3v) is 5.37. The normalized spacial score (nSPS) is 15.8. The van der Waals surface area contributed by atoms with Crippen LogP contribution in [0.5, 0.6) is 0 Å². The van der Waals surface area contributed by atoms with Crippen molar-refractivity contribution in [3.05, 3.63) is 40.2 Å². The van der Waals surface area contributed by atoms with Crippen molar-refractivity contribution in [3.63, 3.8) is 0 Å². The zero-order chi connectivity index (χ0) is 18.7. The van der Waals surface area contributed by atoms with Crippen LogP contribution in [0.15, 0.2) is 22.8 Å². The van der Waals surface area contributed by atoms with Gasteiger partial charge in [0.2, 0.25) is 0 Å². The molecule has 26 heavy (non-hydrogen) atoms. The van der Waals surface area contributed by atoms with Gasteiger partial charge in [-0.2, -0.15) is 0 Å². The van der Waals surface area contributed by atoms with Crippen LogP contribution >= 0.6 is 11.3 Å².